The number of nitrogens with two attached hydrogens (primary N) is 1. The van der Waals surface area contributed by atoms with Crippen molar-refractivity contribution in [3.63, 3.8) is 0 Å². The zero-order chi connectivity index (χ0) is 15.0. The smallest absolute Gasteiger partial charge is 0.245 e. The molecule has 3 rings (SSSR count). The molecule has 0 bridgehead atoms. The Morgan fingerprint density at radius 3 is 2.86 bits per heavy atom. The third kappa shape index (κ3) is 2.91. The normalized spacial score (nSPS) is 25.1. The average molecular weight is 313 g/mol. The van der Waals surface area contributed by atoms with E-state index in [2.05, 4.69) is 0 Å². The van der Waals surface area contributed by atoms with Crippen molar-refractivity contribution in [3.8, 4) is 0 Å². The summed E-state index contributed by atoms with van der Waals surface area (Å²) < 4.78 is 19.2. The Morgan fingerprint density at radius 1 is 1.52 bits per heavy atom. The molecule has 1 saturated heterocycles. The number of carbonyl (C=O) groups is 1. The van der Waals surface area contributed by atoms with Gasteiger partial charge < -0.3 is 15.4 Å². The zero-order valence-electron chi connectivity index (χ0n) is 11.6. The first-order valence-electron chi connectivity index (χ1n) is 7.12. The molecule has 0 spiro atoms. The van der Waals surface area contributed by atoms with Crippen LogP contribution in [0.2, 0.25) is 5.02 Å². The Kier molecular flexibility index (Phi) is 3.90. The molecule has 4 nitrogen and oxygen atoms in total. The lowest BCUT2D eigenvalue weighted by atomic mass is 9.97. The maximum atomic E-state index is 14.0. The fourth-order valence-electron chi connectivity index (χ4n) is 2.64. The van der Waals surface area contributed by atoms with Crippen LogP contribution in [0.1, 0.15) is 24.8 Å². The molecular weight excluding hydrogens is 295 g/mol. The average Bonchev–Trinajstić information content (AvgIpc) is 3.19. The Labute approximate surface area is 128 Å². The first kappa shape index (κ1) is 14.8. The van der Waals surface area contributed by atoms with Crippen molar-refractivity contribution >= 4 is 17.5 Å². The fourth-order valence-corrected chi connectivity index (χ4v) is 2.86. The van der Waals surface area contributed by atoms with Crippen LogP contribution in [0.4, 0.5) is 4.39 Å². The van der Waals surface area contributed by atoms with Crippen LogP contribution in [0.3, 0.4) is 0 Å². The molecule has 2 fully saturated rings. The van der Waals surface area contributed by atoms with Crippen LogP contribution in [0.25, 0.3) is 0 Å². The van der Waals surface area contributed by atoms with Crippen LogP contribution in [0.5, 0.6) is 0 Å². The van der Waals surface area contributed by atoms with Gasteiger partial charge in [-0.3, -0.25) is 4.79 Å². The molecule has 2 N–H and O–H groups in total. The number of ether oxygens (including phenoxy) is 1. The van der Waals surface area contributed by atoms with Gasteiger partial charge in [0.15, 0.2) is 0 Å². The second-order valence-corrected chi connectivity index (χ2v) is 6.23. The molecule has 1 aromatic rings. The Morgan fingerprint density at radius 2 is 2.29 bits per heavy atom. The molecule has 0 radical (unpaired) electrons. The summed E-state index contributed by atoms with van der Waals surface area (Å²) in [6.07, 6.45) is 2.35. The highest BCUT2D eigenvalue weighted by Gasteiger charge is 2.45. The highest BCUT2D eigenvalue weighted by molar-refractivity contribution is 6.31. The largest absolute Gasteiger partial charge is 0.379 e. The van der Waals surface area contributed by atoms with Gasteiger partial charge in [0, 0.05) is 23.2 Å². The van der Waals surface area contributed by atoms with Crippen LogP contribution in [0, 0.1) is 5.82 Å². The summed E-state index contributed by atoms with van der Waals surface area (Å²) >= 11 is 6.06. The van der Waals surface area contributed by atoms with Gasteiger partial charge in [-0.15, -0.1) is 0 Å². The summed E-state index contributed by atoms with van der Waals surface area (Å²) in [5, 5.41) is 0.335. The van der Waals surface area contributed by atoms with Crippen molar-refractivity contribution in [2.24, 2.45) is 5.73 Å². The lowest BCUT2D eigenvalue weighted by molar-refractivity contribution is -0.138. The molecule has 0 aromatic heterocycles. The van der Waals surface area contributed by atoms with Gasteiger partial charge in [0.05, 0.1) is 13.2 Å². The van der Waals surface area contributed by atoms with E-state index in [9.17, 15) is 9.18 Å². The van der Waals surface area contributed by atoms with Crippen molar-refractivity contribution in [1.29, 1.82) is 0 Å². The van der Waals surface area contributed by atoms with E-state index in [1.807, 2.05) is 0 Å². The van der Waals surface area contributed by atoms with Crippen LogP contribution < -0.4 is 5.73 Å². The standard InChI is InChI=1S/C15H18ClFN2O2/c16-12-2-1-3-13(17)11(12)8-19(10-4-5-10)14(20)15(18)6-7-21-9-15/h1-3,10H,4-9,18H2. The summed E-state index contributed by atoms with van der Waals surface area (Å²) in [6, 6.07) is 4.67. The number of amides is 1. The SMILES string of the molecule is NC1(C(=O)N(Cc2c(F)cccc2Cl)C2CC2)CCOC1. The van der Waals surface area contributed by atoms with E-state index in [0.29, 0.717) is 23.6 Å². The maximum absolute atomic E-state index is 14.0. The zero-order valence-corrected chi connectivity index (χ0v) is 12.4. The number of carbonyl (C=O) groups excluding carboxylic acids is 1. The monoisotopic (exact) mass is 312 g/mol. The molecule has 2 aliphatic rings. The number of hydrogen-bond donors (Lipinski definition) is 1. The molecule has 114 valence electrons. The molecular formula is C15H18ClFN2O2. The number of halogens is 2. The topological polar surface area (TPSA) is 55.6 Å². The van der Waals surface area contributed by atoms with Crippen LogP contribution in [-0.4, -0.2) is 35.6 Å². The second-order valence-electron chi connectivity index (χ2n) is 5.82. The van der Waals surface area contributed by atoms with Gasteiger partial charge >= 0.3 is 0 Å². The molecule has 1 aromatic carbocycles. The van der Waals surface area contributed by atoms with E-state index in [1.54, 1.807) is 17.0 Å². The first-order chi connectivity index (χ1) is 10.0. The van der Waals surface area contributed by atoms with Crippen LogP contribution in [0.15, 0.2) is 18.2 Å². The molecule has 1 aliphatic carbocycles. The summed E-state index contributed by atoms with van der Waals surface area (Å²) in [6.45, 7) is 0.870. The Balaban J connectivity index is 1.84. The van der Waals surface area contributed by atoms with Gasteiger partial charge in [-0.25, -0.2) is 4.39 Å². The minimum atomic E-state index is -0.986. The highest BCUT2D eigenvalue weighted by atomic mass is 35.5. The molecule has 6 heteroatoms. The molecule has 1 heterocycles. The van der Waals surface area contributed by atoms with Crippen LogP contribution in [-0.2, 0) is 16.1 Å². The van der Waals surface area contributed by atoms with E-state index in [0.717, 1.165) is 12.8 Å². The van der Waals surface area contributed by atoms with Crippen molar-refractivity contribution < 1.29 is 13.9 Å². The van der Waals surface area contributed by atoms with Crippen molar-refractivity contribution in [3.05, 3.63) is 34.6 Å². The van der Waals surface area contributed by atoms with Gasteiger partial charge in [0.25, 0.3) is 0 Å². The van der Waals surface area contributed by atoms with Gasteiger partial charge in [-0.05, 0) is 31.4 Å². The summed E-state index contributed by atoms with van der Waals surface area (Å²) in [5.74, 6) is -0.559. The fraction of sp³-hybridized carbons (Fsp3) is 0.533. The van der Waals surface area contributed by atoms with Crippen molar-refractivity contribution in [2.45, 2.75) is 37.4 Å². The molecule has 1 amide bonds. The Bertz CT molecular complexity index is 536. The third-order valence-electron chi connectivity index (χ3n) is 4.12. The minimum Gasteiger partial charge on any atom is -0.379 e. The summed E-state index contributed by atoms with van der Waals surface area (Å²) in [4.78, 5) is 14.4. The molecule has 1 saturated carbocycles. The summed E-state index contributed by atoms with van der Waals surface area (Å²) in [5.41, 5.74) is 5.52. The van der Waals surface area contributed by atoms with E-state index >= 15 is 0 Å². The lowest BCUT2D eigenvalue weighted by Crippen LogP contribution is -2.56. The predicted octanol–water partition coefficient (Wildman–Crippen LogP) is 2.09. The predicted molar refractivity (Wildman–Crippen MR) is 77.3 cm³/mol. The third-order valence-corrected chi connectivity index (χ3v) is 4.47. The lowest BCUT2D eigenvalue weighted by Gasteiger charge is -2.31. The first-order valence-corrected chi connectivity index (χ1v) is 7.50. The van der Waals surface area contributed by atoms with Crippen LogP contribution >= 0.6 is 11.6 Å². The quantitative estimate of drug-likeness (QED) is 0.926. The van der Waals surface area contributed by atoms with E-state index in [-0.39, 0.29) is 25.1 Å². The van der Waals surface area contributed by atoms with Gasteiger partial charge in [0.2, 0.25) is 5.91 Å². The second kappa shape index (κ2) is 5.55. The Hall–Kier alpha value is -1.17. The molecule has 1 atom stereocenters. The molecule has 21 heavy (non-hydrogen) atoms. The number of nitrogens with zero attached hydrogens (tertiary/aromatic N) is 1. The van der Waals surface area contributed by atoms with Gasteiger partial charge in [-0.1, -0.05) is 17.7 Å². The summed E-state index contributed by atoms with van der Waals surface area (Å²) in [7, 11) is 0. The van der Waals surface area contributed by atoms with E-state index in [4.69, 9.17) is 22.1 Å². The van der Waals surface area contributed by atoms with Crippen molar-refractivity contribution in [1.82, 2.24) is 4.90 Å². The number of benzene rings is 1. The van der Waals surface area contributed by atoms with E-state index < -0.39 is 11.4 Å². The van der Waals surface area contributed by atoms with E-state index in [1.165, 1.54) is 6.07 Å². The minimum absolute atomic E-state index is 0.134. The molecule has 1 aliphatic heterocycles. The number of rotatable bonds is 4. The maximum Gasteiger partial charge on any atom is 0.245 e. The van der Waals surface area contributed by atoms with Gasteiger partial charge in [0.1, 0.15) is 11.4 Å². The number of hydrogen-bond acceptors (Lipinski definition) is 3. The highest BCUT2D eigenvalue weighted by Crippen LogP contribution is 2.33. The van der Waals surface area contributed by atoms with Gasteiger partial charge in [-0.2, -0.15) is 0 Å². The molecule has 1 unspecified atom stereocenters. The van der Waals surface area contributed by atoms with Crippen molar-refractivity contribution in [2.75, 3.05) is 13.2 Å².